The fraction of sp³-hybridized carbons (Fsp3) is 0.267. The van der Waals surface area contributed by atoms with Crippen LogP contribution in [0.25, 0.3) is 11.1 Å². The largest absolute Gasteiger partial charge is 0.264 e. The van der Waals surface area contributed by atoms with E-state index in [1.165, 1.54) is 38.9 Å². The number of nitrogens with zero attached hydrogens (tertiary/aromatic N) is 1. The maximum atomic E-state index is 4.31. The number of rotatable bonds is 0. The van der Waals surface area contributed by atoms with Gasteiger partial charge in [-0.25, -0.2) is 0 Å². The molecule has 1 heteroatoms. The third kappa shape index (κ3) is 1.15. The van der Waals surface area contributed by atoms with Crippen molar-refractivity contribution >= 4 is 0 Å². The number of hydrogen-bond donors (Lipinski definition) is 0. The number of fused-ring (bicyclic) bond motifs is 3. The average molecular weight is 209 g/mol. The van der Waals surface area contributed by atoms with Crippen LogP contribution < -0.4 is 0 Å². The van der Waals surface area contributed by atoms with Gasteiger partial charge in [0.05, 0.1) is 0 Å². The lowest BCUT2D eigenvalue weighted by Gasteiger charge is -2.06. The highest BCUT2D eigenvalue weighted by Gasteiger charge is 2.21. The zero-order chi connectivity index (χ0) is 11.3. The van der Waals surface area contributed by atoms with Crippen LogP contribution in [0, 0.1) is 20.8 Å². The van der Waals surface area contributed by atoms with Gasteiger partial charge >= 0.3 is 0 Å². The first-order valence-corrected chi connectivity index (χ1v) is 5.71. The Labute approximate surface area is 96.2 Å². The summed E-state index contributed by atoms with van der Waals surface area (Å²) in [5.74, 6) is 0. The second-order valence-electron chi connectivity index (χ2n) is 4.69. The summed E-state index contributed by atoms with van der Waals surface area (Å²) in [4.78, 5) is 4.31. The minimum Gasteiger partial charge on any atom is -0.264 e. The van der Waals surface area contributed by atoms with E-state index < -0.39 is 0 Å². The SMILES string of the molecule is Cc1ccc2c(c1C)Cc1c(C)cncc1-2. The molecule has 0 spiro atoms. The zero-order valence-electron chi connectivity index (χ0n) is 9.96. The molecule has 80 valence electrons. The molecule has 0 amide bonds. The van der Waals surface area contributed by atoms with Gasteiger partial charge < -0.3 is 0 Å². The minimum atomic E-state index is 1.08. The Morgan fingerprint density at radius 1 is 0.875 bits per heavy atom. The van der Waals surface area contributed by atoms with Gasteiger partial charge in [-0.05, 0) is 60.6 Å². The molecule has 1 aliphatic rings. The molecule has 3 rings (SSSR count). The second-order valence-corrected chi connectivity index (χ2v) is 4.69. The van der Waals surface area contributed by atoms with Crippen molar-refractivity contribution < 1.29 is 0 Å². The van der Waals surface area contributed by atoms with E-state index in [4.69, 9.17) is 0 Å². The lowest BCUT2D eigenvalue weighted by molar-refractivity contribution is 1.15. The molecule has 0 bridgehead atoms. The fourth-order valence-corrected chi connectivity index (χ4v) is 2.59. The molecule has 0 unspecified atom stereocenters. The Hall–Kier alpha value is -1.63. The Bertz CT molecular complexity index is 582. The third-order valence-electron chi connectivity index (χ3n) is 3.79. The molecule has 1 aliphatic carbocycles. The fourth-order valence-electron chi connectivity index (χ4n) is 2.59. The quantitative estimate of drug-likeness (QED) is 0.551. The first-order valence-electron chi connectivity index (χ1n) is 5.71. The molecule has 0 aliphatic heterocycles. The lowest BCUT2D eigenvalue weighted by atomic mass is 9.98. The zero-order valence-corrected chi connectivity index (χ0v) is 9.96. The van der Waals surface area contributed by atoms with Crippen LogP contribution in [0.15, 0.2) is 24.5 Å². The van der Waals surface area contributed by atoms with E-state index in [2.05, 4.69) is 37.9 Å². The molecule has 0 saturated carbocycles. The van der Waals surface area contributed by atoms with Crippen molar-refractivity contribution in [3.63, 3.8) is 0 Å². The summed E-state index contributed by atoms with van der Waals surface area (Å²) in [6.45, 7) is 6.56. The summed E-state index contributed by atoms with van der Waals surface area (Å²) in [6, 6.07) is 4.45. The standard InChI is InChI=1S/C15H15N/c1-9-4-5-12-14(11(9)3)6-13-10(2)7-16-8-15(12)13/h4-5,7-8H,6H2,1-3H3. The van der Waals surface area contributed by atoms with Crippen molar-refractivity contribution in [2.24, 2.45) is 0 Å². The predicted octanol–water partition coefficient (Wildman–Crippen LogP) is 3.58. The van der Waals surface area contributed by atoms with E-state index in [9.17, 15) is 0 Å². The number of aromatic nitrogens is 1. The third-order valence-corrected chi connectivity index (χ3v) is 3.79. The van der Waals surface area contributed by atoms with Crippen LogP contribution in [0.5, 0.6) is 0 Å². The number of aryl methyl sites for hydroxylation is 2. The summed E-state index contributed by atoms with van der Waals surface area (Å²) >= 11 is 0. The van der Waals surface area contributed by atoms with E-state index in [1.54, 1.807) is 0 Å². The maximum absolute atomic E-state index is 4.31. The lowest BCUT2D eigenvalue weighted by Crippen LogP contribution is -1.90. The van der Waals surface area contributed by atoms with Crippen LogP contribution >= 0.6 is 0 Å². The topological polar surface area (TPSA) is 12.9 Å². The minimum absolute atomic E-state index is 1.08. The van der Waals surface area contributed by atoms with Crippen LogP contribution in [-0.2, 0) is 6.42 Å². The highest BCUT2D eigenvalue weighted by molar-refractivity contribution is 5.78. The van der Waals surface area contributed by atoms with Crippen LogP contribution in [0.2, 0.25) is 0 Å². The molecule has 1 aromatic heterocycles. The van der Waals surface area contributed by atoms with Gasteiger partial charge in [0, 0.05) is 18.0 Å². The molecule has 1 heterocycles. The Balaban J connectivity index is 2.32. The molecule has 0 N–H and O–H groups in total. The average Bonchev–Trinajstić information content (AvgIpc) is 2.65. The van der Waals surface area contributed by atoms with E-state index >= 15 is 0 Å². The molecule has 0 radical (unpaired) electrons. The van der Waals surface area contributed by atoms with Crippen LogP contribution in [0.1, 0.15) is 27.8 Å². The van der Waals surface area contributed by atoms with Crippen molar-refractivity contribution in [3.05, 3.63) is 52.3 Å². The van der Waals surface area contributed by atoms with E-state index in [0.717, 1.165) is 6.42 Å². The van der Waals surface area contributed by atoms with Gasteiger partial charge in [0.15, 0.2) is 0 Å². The number of hydrogen-bond acceptors (Lipinski definition) is 1. The number of pyridine rings is 1. The van der Waals surface area contributed by atoms with Gasteiger partial charge in [0.2, 0.25) is 0 Å². The van der Waals surface area contributed by atoms with Crippen molar-refractivity contribution in [3.8, 4) is 11.1 Å². The van der Waals surface area contributed by atoms with Gasteiger partial charge in [0.1, 0.15) is 0 Å². The highest BCUT2D eigenvalue weighted by Crippen LogP contribution is 2.39. The van der Waals surface area contributed by atoms with E-state index in [1.807, 2.05) is 12.4 Å². The van der Waals surface area contributed by atoms with Crippen LogP contribution in [-0.4, -0.2) is 4.98 Å². The normalized spacial score (nSPS) is 12.4. The van der Waals surface area contributed by atoms with Crippen molar-refractivity contribution in [1.29, 1.82) is 0 Å². The first kappa shape index (κ1) is 9.59. The highest BCUT2D eigenvalue weighted by atomic mass is 14.6. The molecule has 0 atom stereocenters. The molecule has 2 aromatic rings. The maximum Gasteiger partial charge on any atom is 0.0349 e. The van der Waals surface area contributed by atoms with Crippen molar-refractivity contribution in [1.82, 2.24) is 4.98 Å². The Kier molecular flexibility index (Phi) is 1.90. The summed E-state index contributed by atoms with van der Waals surface area (Å²) < 4.78 is 0. The molecule has 0 saturated heterocycles. The summed E-state index contributed by atoms with van der Waals surface area (Å²) in [6.07, 6.45) is 5.04. The molecular formula is C15H15N. The Morgan fingerprint density at radius 2 is 1.69 bits per heavy atom. The van der Waals surface area contributed by atoms with Crippen molar-refractivity contribution in [2.75, 3.05) is 0 Å². The molecule has 16 heavy (non-hydrogen) atoms. The smallest absolute Gasteiger partial charge is 0.0349 e. The summed E-state index contributed by atoms with van der Waals surface area (Å²) in [7, 11) is 0. The second kappa shape index (κ2) is 3.18. The van der Waals surface area contributed by atoms with Gasteiger partial charge in [-0.1, -0.05) is 12.1 Å². The molecule has 1 aromatic carbocycles. The molecule has 1 nitrogen and oxygen atoms in total. The Morgan fingerprint density at radius 3 is 2.50 bits per heavy atom. The van der Waals surface area contributed by atoms with Gasteiger partial charge in [-0.15, -0.1) is 0 Å². The summed E-state index contributed by atoms with van der Waals surface area (Å²) in [5.41, 5.74) is 9.80. The monoisotopic (exact) mass is 209 g/mol. The van der Waals surface area contributed by atoms with Crippen LogP contribution in [0.3, 0.4) is 0 Å². The van der Waals surface area contributed by atoms with E-state index in [0.29, 0.717) is 0 Å². The molecule has 0 fully saturated rings. The van der Waals surface area contributed by atoms with Gasteiger partial charge in [0.25, 0.3) is 0 Å². The van der Waals surface area contributed by atoms with Crippen LogP contribution in [0.4, 0.5) is 0 Å². The first-order chi connectivity index (χ1) is 7.68. The van der Waals surface area contributed by atoms with Crippen molar-refractivity contribution in [2.45, 2.75) is 27.2 Å². The number of benzene rings is 1. The molecular weight excluding hydrogens is 194 g/mol. The predicted molar refractivity (Wildman–Crippen MR) is 66.7 cm³/mol. The van der Waals surface area contributed by atoms with Gasteiger partial charge in [-0.2, -0.15) is 0 Å². The van der Waals surface area contributed by atoms with Gasteiger partial charge in [-0.3, -0.25) is 4.98 Å². The summed E-state index contributed by atoms with van der Waals surface area (Å²) in [5, 5.41) is 0. The van der Waals surface area contributed by atoms with E-state index in [-0.39, 0.29) is 0 Å².